The van der Waals surface area contributed by atoms with Crippen LogP contribution in [0.25, 0.3) is 0 Å². The molecule has 1 fully saturated rings. The van der Waals surface area contributed by atoms with Gasteiger partial charge in [0.2, 0.25) is 0 Å². The smallest absolute Gasteiger partial charge is 0.137 e. The Balaban J connectivity index is 1.46. The lowest BCUT2D eigenvalue weighted by atomic mass is 10.1. The number of aryl methyl sites for hydroxylation is 1. The molecule has 2 aromatic rings. The average Bonchev–Trinajstić information content (AvgIpc) is 3.21. The Hall–Kier alpha value is -1.88. The Morgan fingerprint density at radius 3 is 2.86 bits per heavy atom. The van der Waals surface area contributed by atoms with Crippen molar-refractivity contribution in [3.8, 4) is 0 Å². The number of rotatable bonds is 7. The predicted octanol–water partition coefficient (Wildman–Crippen LogP) is 2.13. The molecule has 0 unspecified atom stereocenters. The molecule has 3 rings (SSSR count). The van der Waals surface area contributed by atoms with Crippen LogP contribution in [0.2, 0.25) is 0 Å². The van der Waals surface area contributed by atoms with Crippen LogP contribution in [0.4, 0.5) is 5.69 Å². The van der Waals surface area contributed by atoms with E-state index in [0.717, 1.165) is 31.8 Å². The van der Waals surface area contributed by atoms with Crippen LogP contribution in [0.5, 0.6) is 0 Å². The predicted molar refractivity (Wildman–Crippen MR) is 84.3 cm³/mol. The normalized spacial score (nSPS) is 14.8. The minimum absolute atomic E-state index is 0.934. The molecular weight excluding hydrogens is 262 g/mol. The van der Waals surface area contributed by atoms with Crippen LogP contribution in [0, 0.1) is 0 Å². The SMILES string of the molecule is c1ccc(N2CCCC2)c(CNCCCc2ncn[nH]2)c1. The summed E-state index contributed by atoms with van der Waals surface area (Å²) in [6, 6.07) is 8.75. The number of hydrogen-bond donors (Lipinski definition) is 2. The van der Waals surface area contributed by atoms with Crippen molar-refractivity contribution in [1.29, 1.82) is 0 Å². The Kier molecular flexibility index (Phi) is 4.84. The van der Waals surface area contributed by atoms with Gasteiger partial charge in [0.15, 0.2) is 0 Å². The summed E-state index contributed by atoms with van der Waals surface area (Å²) in [5, 5.41) is 10.3. The van der Waals surface area contributed by atoms with E-state index < -0.39 is 0 Å². The lowest BCUT2D eigenvalue weighted by molar-refractivity contribution is 0.639. The van der Waals surface area contributed by atoms with Gasteiger partial charge in [-0.15, -0.1) is 0 Å². The maximum Gasteiger partial charge on any atom is 0.137 e. The number of anilines is 1. The zero-order valence-electron chi connectivity index (χ0n) is 12.4. The summed E-state index contributed by atoms with van der Waals surface area (Å²) >= 11 is 0. The Bertz CT molecular complexity index is 531. The van der Waals surface area contributed by atoms with Crippen LogP contribution in [0.15, 0.2) is 30.6 Å². The number of hydrogen-bond acceptors (Lipinski definition) is 4. The number of aromatic amines is 1. The molecule has 0 amide bonds. The highest BCUT2D eigenvalue weighted by Crippen LogP contribution is 2.24. The van der Waals surface area contributed by atoms with Crippen molar-refractivity contribution in [3.05, 3.63) is 42.0 Å². The van der Waals surface area contributed by atoms with Gasteiger partial charge in [-0.25, -0.2) is 4.98 Å². The highest BCUT2D eigenvalue weighted by Gasteiger charge is 2.14. The average molecular weight is 285 g/mol. The van der Waals surface area contributed by atoms with E-state index in [0.29, 0.717) is 0 Å². The molecule has 0 saturated carbocycles. The molecule has 0 radical (unpaired) electrons. The topological polar surface area (TPSA) is 56.8 Å². The highest BCUT2D eigenvalue weighted by atomic mass is 15.2. The summed E-state index contributed by atoms with van der Waals surface area (Å²) in [6.07, 6.45) is 6.22. The molecule has 5 nitrogen and oxygen atoms in total. The number of benzene rings is 1. The van der Waals surface area contributed by atoms with E-state index in [1.165, 1.54) is 37.2 Å². The molecule has 1 aliphatic rings. The molecule has 0 aliphatic carbocycles. The zero-order valence-corrected chi connectivity index (χ0v) is 12.4. The lowest BCUT2D eigenvalue weighted by Crippen LogP contribution is -2.22. The third kappa shape index (κ3) is 3.82. The van der Waals surface area contributed by atoms with E-state index >= 15 is 0 Å². The minimum Gasteiger partial charge on any atom is -0.371 e. The number of nitrogens with one attached hydrogen (secondary N) is 2. The van der Waals surface area contributed by atoms with E-state index in [2.05, 4.69) is 49.7 Å². The molecule has 112 valence electrons. The van der Waals surface area contributed by atoms with Crippen LogP contribution < -0.4 is 10.2 Å². The summed E-state index contributed by atoms with van der Waals surface area (Å²) < 4.78 is 0. The molecular formula is C16H23N5. The zero-order chi connectivity index (χ0) is 14.3. The molecule has 21 heavy (non-hydrogen) atoms. The number of aromatic nitrogens is 3. The van der Waals surface area contributed by atoms with Gasteiger partial charge in [0.05, 0.1) is 0 Å². The first kappa shape index (κ1) is 14.1. The van der Waals surface area contributed by atoms with Crippen molar-refractivity contribution < 1.29 is 0 Å². The Morgan fingerprint density at radius 1 is 1.19 bits per heavy atom. The summed E-state index contributed by atoms with van der Waals surface area (Å²) in [5.41, 5.74) is 2.80. The summed E-state index contributed by atoms with van der Waals surface area (Å²) in [6.45, 7) is 4.32. The van der Waals surface area contributed by atoms with Gasteiger partial charge in [-0.05, 0) is 37.4 Å². The molecule has 0 spiro atoms. The molecule has 1 aliphatic heterocycles. The van der Waals surface area contributed by atoms with Crippen molar-refractivity contribution >= 4 is 5.69 Å². The van der Waals surface area contributed by atoms with E-state index in [4.69, 9.17) is 0 Å². The number of nitrogens with zero attached hydrogens (tertiary/aromatic N) is 3. The lowest BCUT2D eigenvalue weighted by Gasteiger charge is -2.21. The molecule has 1 aromatic carbocycles. The third-order valence-corrected chi connectivity index (χ3v) is 3.99. The Morgan fingerprint density at radius 2 is 2.05 bits per heavy atom. The van der Waals surface area contributed by atoms with E-state index in [1.807, 2.05) is 0 Å². The third-order valence-electron chi connectivity index (χ3n) is 3.99. The van der Waals surface area contributed by atoms with Gasteiger partial charge in [0, 0.05) is 31.7 Å². The molecule has 2 heterocycles. The van der Waals surface area contributed by atoms with Crippen LogP contribution in [-0.4, -0.2) is 34.8 Å². The number of para-hydroxylation sites is 1. The fourth-order valence-electron chi connectivity index (χ4n) is 2.88. The highest BCUT2D eigenvalue weighted by molar-refractivity contribution is 5.54. The fraction of sp³-hybridized carbons (Fsp3) is 0.500. The van der Waals surface area contributed by atoms with Crippen LogP contribution in [0.3, 0.4) is 0 Å². The molecule has 2 N–H and O–H groups in total. The molecule has 0 atom stereocenters. The molecule has 1 saturated heterocycles. The second kappa shape index (κ2) is 7.22. The van der Waals surface area contributed by atoms with Gasteiger partial charge in [-0.2, -0.15) is 5.10 Å². The van der Waals surface area contributed by atoms with Crippen molar-refractivity contribution in [1.82, 2.24) is 20.5 Å². The first-order valence-electron chi connectivity index (χ1n) is 7.81. The van der Waals surface area contributed by atoms with Crippen molar-refractivity contribution in [2.24, 2.45) is 0 Å². The summed E-state index contributed by atoms with van der Waals surface area (Å²) in [5.74, 6) is 0.967. The van der Waals surface area contributed by atoms with E-state index in [-0.39, 0.29) is 0 Å². The number of H-pyrrole nitrogens is 1. The van der Waals surface area contributed by atoms with Gasteiger partial charge in [-0.3, -0.25) is 5.10 Å². The maximum absolute atomic E-state index is 4.14. The summed E-state index contributed by atoms with van der Waals surface area (Å²) in [4.78, 5) is 6.64. The molecule has 5 heteroatoms. The molecule has 0 bridgehead atoms. The van der Waals surface area contributed by atoms with Gasteiger partial charge in [0.1, 0.15) is 12.2 Å². The van der Waals surface area contributed by atoms with Crippen molar-refractivity contribution in [3.63, 3.8) is 0 Å². The standard InChI is InChI=1S/C16H23N5/c1-2-7-15(21-10-3-4-11-21)14(6-1)12-17-9-5-8-16-18-13-19-20-16/h1-2,6-7,13,17H,3-5,8-12H2,(H,18,19,20). The first-order valence-corrected chi connectivity index (χ1v) is 7.81. The van der Waals surface area contributed by atoms with Crippen molar-refractivity contribution in [2.45, 2.75) is 32.2 Å². The van der Waals surface area contributed by atoms with E-state index in [9.17, 15) is 0 Å². The second-order valence-electron chi connectivity index (χ2n) is 5.54. The van der Waals surface area contributed by atoms with Gasteiger partial charge >= 0.3 is 0 Å². The maximum atomic E-state index is 4.14. The van der Waals surface area contributed by atoms with Gasteiger partial charge < -0.3 is 10.2 Å². The van der Waals surface area contributed by atoms with Gasteiger partial charge in [0.25, 0.3) is 0 Å². The second-order valence-corrected chi connectivity index (χ2v) is 5.54. The molecule has 1 aromatic heterocycles. The fourth-order valence-corrected chi connectivity index (χ4v) is 2.88. The summed E-state index contributed by atoms with van der Waals surface area (Å²) in [7, 11) is 0. The Labute approximate surface area is 125 Å². The van der Waals surface area contributed by atoms with Crippen LogP contribution >= 0.6 is 0 Å². The first-order chi connectivity index (χ1) is 10.4. The largest absolute Gasteiger partial charge is 0.371 e. The minimum atomic E-state index is 0.934. The van der Waals surface area contributed by atoms with Gasteiger partial charge in [-0.1, -0.05) is 18.2 Å². The van der Waals surface area contributed by atoms with E-state index in [1.54, 1.807) is 6.33 Å². The van der Waals surface area contributed by atoms with Crippen LogP contribution in [0.1, 0.15) is 30.7 Å². The quantitative estimate of drug-likeness (QED) is 0.765. The van der Waals surface area contributed by atoms with Crippen molar-refractivity contribution in [2.75, 3.05) is 24.5 Å². The monoisotopic (exact) mass is 285 g/mol. The van der Waals surface area contributed by atoms with Crippen LogP contribution in [-0.2, 0) is 13.0 Å².